The summed E-state index contributed by atoms with van der Waals surface area (Å²) in [6.45, 7) is 1.19. The largest absolute Gasteiger partial charge is 0.455 e. The third-order valence-corrected chi connectivity index (χ3v) is 1.98. The molecule has 1 fully saturated rings. The van der Waals surface area contributed by atoms with Crippen molar-refractivity contribution in [2.45, 2.75) is 6.10 Å². The topological polar surface area (TPSA) is 70.3 Å². The highest BCUT2D eigenvalue weighted by Crippen LogP contribution is 2.16. The van der Waals surface area contributed by atoms with Crippen molar-refractivity contribution in [2.24, 2.45) is 0 Å². The molecule has 0 aromatic carbocycles. The zero-order valence-electron chi connectivity index (χ0n) is 6.74. The molecule has 0 bridgehead atoms. The van der Waals surface area contributed by atoms with Crippen LogP contribution >= 0.6 is 15.9 Å². The quantitative estimate of drug-likeness (QED) is 0.773. The van der Waals surface area contributed by atoms with E-state index in [0.717, 1.165) is 0 Å². The first-order chi connectivity index (χ1) is 6.24. The molecule has 0 atom stereocenters. The highest BCUT2D eigenvalue weighted by molar-refractivity contribution is 9.10. The van der Waals surface area contributed by atoms with E-state index in [4.69, 9.17) is 15.2 Å². The number of nitrogen functional groups attached to an aromatic ring is 1. The molecule has 2 heterocycles. The van der Waals surface area contributed by atoms with Gasteiger partial charge in [-0.15, -0.1) is 0 Å². The first kappa shape index (κ1) is 8.71. The van der Waals surface area contributed by atoms with Gasteiger partial charge in [0.05, 0.1) is 13.2 Å². The normalized spacial score (nSPS) is 16.7. The number of nitrogens with zero attached hydrogens (tertiary/aromatic N) is 2. The van der Waals surface area contributed by atoms with Crippen molar-refractivity contribution in [3.05, 3.63) is 10.7 Å². The first-order valence-electron chi connectivity index (χ1n) is 3.78. The summed E-state index contributed by atoms with van der Waals surface area (Å²) in [5.41, 5.74) is 5.50. The summed E-state index contributed by atoms with van der Waals surface area (Å²) >= 11 is 3.20. The predicted octanol–water partition coefficient (Wildman–Crippen LogP) is 0.599. The van der Waals surface area contributed by atoms with E-state index < -0.39 is 0 Å². The van der Waals surface area contributed by atoms with Crippen molar-refractivity contribution < 1.29 is 9.47 Å². The van der Waals surface area contributed by atoms with Crippen LogP contribution in [-0.4, -0.2) is 29.3 Å². The van der Waals surface area contributed by atoms with Crippen LogP contribution in [0, 0.1) is 0 Å². The molecular weight excluding hydrogens is 238 g/mol. The third kappa shape index (κ3) is 2.07. The Bertz CT molecular complexity index is 296. The molecule has 1 aliphatic rings. The lowest BCUT2D eigenvalue weighted by Gasteiger charge is -2.25. The Morgan fingerprint density at radius 3 is 2.85 bits per heavy atom. The summed E-state index contributed by atoms with van der Waals surface area (Å²) in [6, 6.07) is 1.91. The summed E-state index contributed by atoms with van der Waals surface area (Å²) in [6.07, 6.45) is 0.0636. The molecule has 1 saturated heterocycles. The van der Waals surface area contributed by atoms with E-state index >= 15 is 0 Å². The number of halogens is 1. The number of nitrogens with two attached hydrogens (primary N) is 1. The van der Waals surface area contributed by atoms with Gasteiger partial charge in [-0.05, 0) is 15.9 Å². The Labute approximate surface area is 83.4 Å². The van der Waals surface area contributed by atoms with E-state index in [2.05, 4.69) is 25.9 Å². The van der Waals surface area contributed by atoms with E-state index in [1.165, 1.54) is 0 Å². The molecule has 0 aliphatic carbocycles. The fraction of sp³-hybridized carbons (Fsp3) is 0.429. The third-order valence-electron chi connectivity index (χ3n) is 1.57. The van der Waals surface area contributed by atoms with E-state index in [1.807, 2.05) is 0 Å². The molecular formula is C7H8BrN3O2. The minimum atomic E-state index is 0.0636. The second-order valence-corrected chi connectivity index (χ2v) is 3.49. The van der Waals surface area contributed by atoms with Gasteiger partial charge >= 0.3 is 6.01 Å². The van der Waals surface area contributed by atoms with Crippen molar-refractivity contribution in [1.82, 2.24) is 9.97 Å². The Hall–Kier alpha value is -0.880. The van der Waals surface area contributed by atoms with Gasteiger partial charge in [0.1, 0.15) is 16.5 Å². The molecule has 2 rings (SSSR count). The van der Waals surface area contributed by atoms with Crippen molar-refractivity contribution in [3.63, 3.8) is 0 Å². The molecule has 13 heavy (non-hydrogen) atoms. The number of anilines is 1. The van der Waals surface area contributed by atoms with Crippen molar-refractivity contribution in [1.29, 1.82) is 0 Å². The molecule has 2 N–H and O–H groups in total. The average Bonchev–Trinajstić information content (AvgIpc) is 1.95. The zero-order chi connectivity index (χ0) is 9.26. The molecule has 1 aliphatic heterocycles. The summed E-state index contributed by atoms with van der Waals surface area (Å²) in [4.78, 5) is 7.92. The Kier molecular flexibility index (Phi) is 2.32. The minimum absolute atomic E-state index is 0.0636. The number of ether oxygens (including phenoxy) is 2. The molecule has 1 aromatic rings. The van der Waals surface area contributed by atoms with Gasteiger partial charge in [-0.1, -0.05) is 0 Å². The van der Waals surface area contributed by atoms with E-state index in [-0.39, 0.29) is 6.10 Å². The Morgan fingerprint density at radius 2 is 2.31 bits per heavy atom. The van der Waals surface area contributed by atoms with Gasteiger partial charge in [-0.2, -0.15) is 9.97 Å². The fourth-order valence-corrected chi connectivity index (χ4v) is 1.28. The zero-order valence-corrected chi connectivity index (χ0v) is 8.32. The van der Waals surface area contributed by atoms with E-state index in [9.17, 15) is 0 Å². The van der Waals surface area contributed by atoms with Crippen LogP contribution in [0.5, 0.6) is 6.01 Å². The standard InChI is InChI=1S/C7H8BrN3O2/c8-5-1-6(9)11-7(10-5)13-4-2-12-3-4/h1,4H,2-3H2,(H2,9,10,11). The van der Waals surface area contributed by atoms with Gasteiger partial charge in [0.15, 0.2) is 0 Å². The number of rotatable bonds is 2. The summed E-state index contributed by atoms with van der Waals surface area (Å²) in [5, 5.41) is 0. The molecule has 0 spiro atoms. The molecule has 0 amide bonds. The summed E-state index contributed by atoms with van der Waals surface area (Å²) in [5.74, 6) is 0.386. The monoisotopic (exact) mass is 245 g/mol. The van der Waals surface area contributed by atoms with E-state index in [0.29, 0.717) is 29.6 Å². The lowest BCUT2D eigenvalue weighted by molar-refractivity contribution is -0.0831. The maximum absolute atomic E-state index is 5.50. The molecule has 5 nitrogen and oxygen atoms in total. The van der Waals surface area contributed by atoms with Gasteiger partial charge in [0, 0.05) is 6.07 Å². The van der Waals surface area contributed by atoms with Gasteiger partial charge < -0.3 is 15.2 Å². The number of hydrogen-bond donors (Lipinski definition) is 1. The van der Waals surface area contributed by atoms with Crippen LogP contribution < -0.4 is 10.5 Å². The molecule has 0 unspecified atom stereocenters. The van der Waals surface area contributed by atoms with Gasteiger partial charge in [-0.25, -0.2) is 0 Å². The average molecular weight is 246 g/mol. The summed E-state index contributed by atoms with van der Waals surface area (Å²) in [7, 11) is 0. The van der Waals surface area contributed by atoms with Crippen LogP contribution in [0.15, 0.2) is 10.7 Å². The number of hydrogen-bond acceptors (Lipinski definition) is 5. The lowest BCUT2D eigenvalue weighted by Crippen LogP contribution is -2.39. The first-order valence-corrected chi connectivity index (χ1v) is 4.58. The second kappa shape index (κ2) is 3.47. The smallest absolute Gasteiger partial charge is 0.319 e. The molecule has 0 radical (unpaired) electrons. The molecule has 6 heteroatoms. The molecule has 1 aromatic heterocycles. The molecule has 0 saturated carbocycles. The van der Waals surface area contributed by atoms with Crippen molar-refractivity contribution in [2.75, 3.05) is 18.9 Å². The van der Waals surface area contributed by atoms with Gasteiger partial charge in [0.25, 0.3) is 0 Å². The van der Waals surface area contributed by atoms with Crippen LogP contribution in [0.25, 0.3) is 0 Å². The maximum Gasteiger partial charge on any atom is 0.319 e. The van der Waals surface area contributed by atoms with Crippen LogP contribution in [-0.2, 0) is 4.74 Å². The highest BCUT2D eigenvalue weighted by Gasteiger charge is 2.21. The second-order valence-electron chi connectivity index (χ2n) is 2.68. The Morgan fingerprint density at radius 1 is 1.54 bits per heavy atom. The van der Waals surface area contributed by atoms with Gasteiger partial charge in [0.2, 0.25) is 0 Å². The van der Waals surface area contributed by atoms with Crippen molar-refractivity contribution >= 4 is 21.7 Å². The SMILES string of the molecule is Nc1cc(Br)nc(OC2COC2)n1. The fourth-order valence-electron chi connectivity index (χ4n) is 0.897. The lowest BCUT2D eigenvalue weighted by atomic mass is 10.3. The minimum Gasteiger partial charge on any atom is -0.455 e. The van der Waals surface area contributed by atoms with Crippen LogP contribution in [0.2, 0.25) is 0 Å². The maximum atomic E-state index is 5.50. The number of aromatic nitrogens is 2. The predicted molar refractivity (Wildman–Crippen MR) is 49.4 cm³/mol. The van der Waals surface area contributed by atoms with Crippen LogP contribution in [0.4, 0.5) is 5.82 Å². The Balaban J connectivity index is 2.10. The van der Waals surface area contributed by atoms with Crippen molar-refractivity contribution in [3.8, 4) is 6.01 Å². The molecule has 70 valence electrons. The van der Waals surface area contributed by atoms with Crippen LogP contribution in [0.3, 0.4) is 0 Å². The highest BCUT2D eigenvalue weighted by atomic mass is 79.9. The van der Waals surface area contributed by atoms with Gasteiger partial charge in [-0.3, -0.25) is 0 Å². The van der Waals surface area contributed by atoms with Crippen LogP contribution in [0.1, 0.15) is 0 Å². The summed E-state index contributed by atoms with van der Waals surface area (Å²) < 4.78 is 10.9. The van der Waals surface area contributed by atoms with E-state index in [1.54, 1.807) is 6.07 Å².